The molecule has 1 aromatic carbocycles. The molecule has 0 fully saturated rings. The summed E-state index contributed by atoms with van der Waals surface area (Å²) in [6.45, 7) is 2.37. The molecular formula is C13H14KN3O8. The van der Waals surface area contributed by atoms with Crippen molar-refractivity contribution >= 4 is 17.4 Å². The van der Waals surface area contributed by atoms with Crippen LogP contribution in [0.5, 0.6) is 5.75 Å². The van der Waals surface area contributed by atoms with Crippen molar-refractivity contribution in [3.8, 4) is 5.75 Å². The van der Waals surface area contributed by atoms with Crippen LogP contribution in [0.1, 0.15) is 18.1 Å². The van der Waals surface area contributed by atoms with Crippen LogP contribution in [0.25, 0.3) is 0 Å². The molecule has 0 radical (unpaired) electrons. The van der Waals surface area contributed by atoms with Gasteiger partial charge in [-0.1, -0.05) is 0 Å². The van der Waals surface area contributed by atoms with Crippen molar-refractivity contribution in [1.29, 1.82) is 0 Å². The molecule has 0 N–H and O–H groups in total. The maximum absolute atomic E-state index is 11.8. The number of hydrogen-bond acceptors (Lipinski definition) is 9. The van der Waals surface area contributed by atoms with Gasteiger partial charge >= 0.3 is 63.0 Å². The third-order valence-corrected chi connectivity index (χ3v) is 2.98. The number of nitro benzene ring substituents is 1. The van der Waals surface area contributed by atoms with Gasteiger partial charge in [-0.15, -0.1) is 0 Å². The first-order valence-corrected chi connectivity index (χ1v) is 6.70. The summed E-state index contributed by atoms with van der Waals surface area (Å²) in [6.07, 6.45) is 0.604. The van der Waals surface area contributed by atoms with E-state index in [0.29, 0.717) is 18.5 Å². The van der Waals surface area contributed by atoms with E-state index in [1.165, 1.54) is 13.2 Å². The Morgan fingerprint density at radius 1 is 1.28 bits per heavy atom. The van der Waals surface area contributed by atoms with E-state index in [0.717, 1.165) is 5.56 Å². The number of carbonyl (C=O) groups is 1. The molecule has 2 rings (SSSR count). The van der Waals surface area contributed by atoms with Crippen LogP contribution in [-0.4, -0.2) is 42.0 Å². The van der Waals surface area contributed by atoms with Crippen molar-refractivity contribution in [3.05, 3.63) is 48.7 Å². The van der Waals surface area contributed by atoms with Gasteiger partial charge < -0.3 is 24.8 Å². The molecule has 0 spiro atoms. The van der Waals surface area contributed by atoms with Gasteiger partial charge in [-0.05, 0) is 25.0 Å². The largest absolute Gasteiger partial charge is 1.00 e. The molecule has 0 aromatic heterocycles. The van der Waals surface area contributed by atoms with Gasteiger partial charge in [0, 0.05) is 18.2 Å². The molecule has 25 heavy (non-hydrogen) atoms. The monoisotopic (exact) mass is 379 g/mol. The number of carbonyl (C=O) groups excluding carboxylic acids is 1. The fourth-order valence-electron chi connectivity index (χ4n) is 2.09. The number of rotatable bonds is 4. The zero-order chi connectivity index (χ0) is 18.3. The number of hydrogen-bond donors (Lipinski definition) is 0. The van der Waals surface area contributed by atoms with E-state index in [1.54, 1.807) is 13.0 Å². The van der Waals surface area contributed by atoms with Crippen LogP contribution in [0.2, 0.25) is 0 Å². The second-order valence-electron chi connectivity index (χ2n) is 4.36. The molecule has 1 aromatic rings. The zero-order valence-electron chi connectivity index (χ0n) is 13.9. The Bertz CT molecular complexity index is 688. The van der Waals surface area contributed by atoms with Gasteiger partial charge in [-0.2, -0.15) is 0 Å². The van der Waals surface area contributed by atoms with E-state index in [1.807, 2.05) is 0 Å². The average molecular weight is 379 g/mol. The Morgan fingerprint density at radius 3 is 2.36 bits per heavy atom. The van der Waals surface area contributed by atoms with Crippen molar-refractivity contribution in [3.63, 3.8) is 0 Å². The van der Waals surface area contributed by atoms with Crippen LogP contribution >= 0.6 is 0 Å². The second kappa shape index (κ2) is 11.1. The number of aliphatic imine (C=N–C) groups is 1. The molecular weight excluding hydrogens is 365 g/mol. The van der Waals surface area contributed by atoms with Crippen molar-refractivity contribution in [2.75, 3.05) is 20.3 Å². The number of methoxy groups -OCH3 is 1. The fourth-order valence-corrected chi connectivity index (χ4v) is 2.09. The summed E-state index contributed by atoms with van der Waals surface area (Å²) in [5, 5.41) is 25.8. The summed E-state index contributed by atoms with van der Waals surface area (Å²) < 4.78 is 9.94. The van der Waals surface area contributed by atoms with E-state index in [-0.39, 0.29) is 75.1 Å². The molecule has 0 unspecified atom stereocenters. The molecule has 0 atom stereocenters. The van der Waals surface area contributed by atoms with E-state index >= 15 is 0 Å². The number of esters is 1. The smallest absolute Gasteiger partial charge is 0.490 e. The minimum Gasteiger partial charge on any atom is -0.490 e. The fraction of sp³-hybridized carbons (Fsp3) is 0.385. The van der Waals surface area contributed by atoms with Crippen molar-refractivity contribution in [2.24, 2.45) is 4.99 Å². The Morgan fingerprint density at radius 2 is 1.88 bits per heavy atom. The summed E-state index contributed by atoms with van der Waals surface area (Å²) in [7, 11) is 1.37. The predicted octanol–water partition coefficient (Wildman–Crippen LogP) is -1.72. The summed E-state index contributed by atoms with van der Waals surface area (Å²) in [5.41, 5.74) is 1.19. The minimum absolute atomic E-state index is 0. The van der Waals surface area contributed by atoms with Crippen molar-refractivity contribution < 1.29 is 75.7 Å². The third-order valence-electron chi connectivity index (χ3n) is 2.98. The minimum atomic E-state index is -1.75. The van der Waals surface area contributed by atoms with E-state index < -0.39 is 16.0 Å². The Kier molecular flexibility index (Phi) is 10.4. The van der Waals surface area contributed by atoms with Gasteiger partial charge in [0.15, 0.2) is 11.5 Å². The van der Waals surface area contributed by atoms with Crippen LogP contribution in [0, 0.1) is 25.4 Å². The van der Waals surface area contributed by atoms with Gasteiger partial charge in [0.25, 0.3) is 0 Å². The quantitative estimate of drug-likeness (QED) is 0.258. The van der Waals surface area contributed by atoms with Crippen LogP contribution in [0.15, 0.2) is 17.1 Å². The number of ether oxygens (including phenoxy) is 2. The third kappa shape index (κ3) is 6.66. The van der Waals surface area contributed by atoms with Crippen molar-refractivity contribution in [2.45, 2.75) is 13.3 Å². The molecule has 0 aliphatic carbocycles. The molecule has 1 heterocycles. The van der Waals surface area contributed by atoms with Gasteiger partial charge in [0.2, 0.25) is 0 Å². The van der Waals surface area contributed by atoms with Crippen LogP contribution in [-0.2, 0) is 16.0 Å². The first-order chi connectivity index (χ1) is 11.3. The SMILES string of the molecule is CCOC(=O)C1=NCCc2cc(OC)c([N+](=O)[O-])cc21.O=[N+]([O-])[O-].[K+]. The first-order valence-electron chi connectivity index (χ1n) is 6.70. The summed E-state index contributed by atoms with van der Waals surface area (Å²) in [5.74, 6) is -0.383. The zero-order valence-corrected chi connectivity index (χ0v) is 17.0. The summed E-state index contributed by atoms with van der Waals surface area (Å²) >= 11 is 0. The molecule has 1 aliphatic rings. The van der Waals surface area contributed by atoms with Crippen LogP contribution in [0.4, 0.5) is 5.69 Å². The average Bonchev–Trinajstić information content (AvgIpc) is 2.52. The molecule has 12 heteroatoms. The van der Waals surface area contributed by atoms with E-state index in [4.69, 9.17) is 24.8 Å². The van der Waals surface area contributed by atoms with Gasteiger partial charge in [-0.3, -0.25) is 15.1 Å². The standard InChI is InChI=1S/C13H14N2O5.K.NO3/c1-3-20-13(16)12-9-7-10(15(17)18)11(19-2)6-8(9)4-5-14-12;;2-1(3)4/h6-7H,3-5H2,1-2H3;;/q;+1;-1. The second-order valence-corrected chi connectivity index (χ2v) is 4.36. The van der Waals surface area contributed by atoms with E-state index in [9.17, 15) is 14.9 Å². The Labute approximate surface area is 184 Å². The maximum Gasteiger partial charge on any atom is 1.00 e. The van der Waals surface area contributed by atoms with Crippen LogP contribution < -0.4 is 56.1 Å². The topological polar surface area (TPSA) is 157 Å². The summed E-state index contributed by atoms with van der Waals surface area (Å²) in [6, 6.07) is 2.91. The molecule has 0 saturated carbocycles. The molecule has 0 saturated heterocycles. The van der Waals surface area contributed by atoms with Gasteiger partial charge in [0.1, 0.15) is 0 Å². The molecule has 130 valence electrons. The van der Waals surface area contributed by atoms with Gasteiger partial charge in [0.05, 0.1) is 23.7 Å². The Balaban J connectivity index is 0.00000104. The van der Waals surface area contributed by atoms with Gasteiger partial charge in [-0.25, -0.2) is 4.79 Å². The molecule has 0 amide bonds. The first kappa shape index (κ1) is 23.4. The predicted molar refractivity (Wildman–Crippen MR) is 81.8 cm³/mol. The number of fused-ring (bicyclic) bond motifs is 1. The van der Waals surface area contributed by atoms with E-state index in [2.05, 4.69) is 4.99 Å². The molecule has 11 nitrogen and oxygen atoms in total. The Hall–Kier alpha value is -1.60. The molecule has 1 aliphatic heterocycles. The number of nitro groups is 1. The normalized spacial score (nSPS) is 11.5. The van der Waals surface area contributed by atoms with Crippen LogP contribution in [0.3, 0.4) is 0 Å². The number of nitrogens with zero attached hydrogens (tertiary/aromatic N) is 3. The summed E-state index contributed by atoms with van der Waals surface area (Å²) in [4.78, 5) is 34.7. The number of benzene rings is 1. The maximum atomic E-state index is 11.8. The van der Waals surface area contributed by atoms with Crippen molar-refractivity contribution in [1.82, 2.24) is 0 Å². The molecule has 0 bridgehead atoms.